The fourth-order valence-electron chi connectivity index (χ4n) is 2.11. The number of nitrogens with zero attached hydrogens (tertiary/aromatic N) is 1. The van der Waals surface area contributed by atoms with Gasteiger partial charge in [0.25, 0.3) is 0 Å². The first-order chi connectivity index (χ1) is 9.30. The summed E-state index contributed by atoms with van der Waals surface area (Å²) < 4.78 is 0. The molecule has 0 saturated carbocycles. The molecule has 0 aliphatic rings. The van der Waals surface area contributed by atoms with Crippen molar-refractivity contribution in [1.82, 2.24) is 4.90 Å². The van der Waals surface area contributed by atoms with E-state index in [-0.39, 0.29) is 18.9 Å². The van der Waals surface area contributed by atoms with Gasteiger partial charge >= 0.3 is 5.97 Å². The number of halogens is 1. The number of hydrogen-bond donors (Lipinski definition) is 1. The number of rotatable bonds is 6. The molecule has 5 heteroatoms. The fourth-order valence-corrected chi connectivity index (χ4v) is 2.48. The molecule has 0 aliphatic heterocycles. The second kappa shape index (κ2) is 6.75. The van der Waals surface area contributed by atoms with E-state index in [1.165, 1.54) is 0 Å². The SMILES string of the molecule is CCN(CCC(=O)O)C(=O)C(C)(C)c1ccccc1Cl. The van der Waals surface area contributed by atoms with E-state index in [1.807, 2.05) is 25.1 Å². The van der Waals surface area contributed by atoms with Crippen LogP contribution in [0.5, 0.6) is 0 Å². The minimum absolute atomic E-state index is 0.0574. The molecule has 1 amide bonds. The van der Waals surface area contributed by atoms with Crippen molar-refractivity contribution in [2.45, 2.75) is 32.6 Å². The molecule has 0 fully saturated rings. The molecule has 0 aromatic heterocycles. The minimum atomic E-state index is -0.910. The zero-order valence-electron chi connectivity index (χ0n) is 12.0. The Morgan fingerprint density at radius 1 is 1.30 bits per heavy atom. The first kappa shape index (κ1) is 16.5. The molecular formula is C15H20ClNO3. The predicted octanol–water partition coefficient (Wildman–Crippen LogP) is 2.94. The summed E-state index contributed by atoms with van der Waals surface area (Å²) in [6, 6.07) is 7.23. The van der Waals surface area contributed by atoms with Gasteiger partial charge in [0, 0.05) is 18.1 Å². The summed E-state index contributed by atoms with van der Waals surface area (Å²) in [4.78, 5) is 24.8. The fraction of sp³-hybridized carbons (Fsp3) is 0.467. The van der Waals surface area contributed by atoms with Crippen LogP contribution in [0.4, 0.5) is 0 Å². The number of carbonyl (C=O) groups excluding carboxylic acids is 1. The van der Waals surface area contributed by atoms with E-state index >= 15 is 0 Å². The van der Waals surface area contributed by atoms with E-state index in [2.05, 4.69) is 0 Å². The van der Waals surface area contributed by atoms with Gasteiger partial charge in [-0.15, -0.1) is 0 Å². The molecule has 0 heterocycles. The number of carboxylic acids is 1. The molecule has 0 unspecified atom stereocenters. The predicted molar refractivity (Wildman–Crippen MR) is 79.0 cm³/mol. The standard InChI is InChI=1S/C15H20ClNO3/c1-4-17(10-9-13(18)19)14(20)15(2,3)11-7-5-6-8-12(11)16/h5-8H,4,9-10H2,1-3H3,(H,18,19). The van der Waals surface area contributed by atoms with Crippen LogP contribution in [0.3, 0.4) is 0 Å². The van der Waals surface area contributed by atoms with Crippen molar-refractivity contribution < 1.29 is 14.7 Å². The molecule has 1 aromatic rings. The van der Waals surface area contributed by atoms with Crippen LogP contribution < -0.4 is 0 Å². The average Bonchev–Trinajstić information content (AvgIpc) is 2.39. The number of carbonyl (C=O) groups is 2. The van der Waals surface area contributed by atoms with Crippen molar-refractivity contribution in [3.05, 3.63) is 34.9 Å². The summed E-state index contributed by atoms with van der Waals surface area (Å²) in [5.74, 6) is -1.03. The summed E-state index contributed by atoms with van der Waals surface area (Å²) in [5, 5.41) is 9.29. The molecule has 4 nitrogen and oxygen atoms in total. The summed E-state index contributed by atoms with van der Waals surface area (Å²) in [6.45, 7) is 6.13. The first-order valence-corrected chi connectivity index (χ1v) is 6.94. The summed E-state index contributed by atoms with van der Waals surface area (Å²) in [5.41, 5.74) is -0.0345. The Morgan fingerprint density at radius 3 is 2.40 bits per heavy atom. The maximum Gasteiger partial charge on any atom is 0.305 e. The van der Waals surface area contributed by atoms with Gasteiger partial charge in [-0.3, -0.25) is 9.59 Å². The van der Waals surface area contributed by atoms with E-state index in [9.17, 15) is 9.59 Å². The van der Waals surface area contributed by atoms with Gasteiger partial charge in [-0.1, -0.05) is 29.8 Å². The van der Waals surface area contributed by atoms with E-state index < -0.39 is 11.4 Å². The summed E-state index contributed by atoms with van der Waals surface area (Å²) in [7, 11) is 0. The zero-order valence-corrected chi connectivity index (χ0v) is 12.8. The minimum Gasteiger partial charge on any atom is -0.481 e. The number of benzene rings is 1. The Kier molecular flexibility index (Phi) is 5.57. The van der Waals surface area contributed by atoms with Gasteiger partial charge in [-0.2, -0.15) is 0 Å². The molecular weight excluding hydrogens is 278 g/mol. The van der Waals surface area contributed by atoms with Crippen LogP contribution in [-0.2, 0) is 15.0 Å². The van der Waals surface area contributed by atoms with E-state index in [1.54, 1.807) is 24.8 Å². The highest BCUT2D eigenvalue weighted by Gasteiger charge is 2.34. The van der Waals surface area contributed by atoms with Crippen molar-refractivity contribution in [2.24, 2.45) is 0 Å². The lowest BCUT2D eigenvalue weighted by Gasteiger charge is -2.32. The first-order valence-electron chi connectivity index (χ1n) is 6.56. The highest BCUT2D eigenvalue weighted by atomic mass is 35.5. The quantitative estimate of drug-likeness (QED) is 0.878. The van der Waals surface area contributed by atoms with Crippen LogP contribution >= 0.6 is 11.6 Å². The molecule has 110 valence electrons. The second-order valence-corrected chi connectivity index (χ2v) is 5.54. The third-order valence-electron chi connectivity index (χ3n) is 3.35. The lowest BCUT2D eigenvalue weighted by Crippen LogP contribution is -2.44. The number of amides is 1. The monoisotopic (exact) mass is 297 g/mol. The molecule has 0 aliphatic carbocycles. The Labute approximate surface area is 124 Å². The smallest absolute Gasteiger partial charge is 0.305 e. The van der Waals surface area contributed by atoms with Gasteiger partial charge in [-0.25, -0.2) is 0 Å². The van der Waals surface area contributed by atoms with Gasteiger partial charge in [-0.05, 0) is 32.4 Å². The number of likely N-dealkylation sites (N-methyl/N-ethyl adjacent to an activating group) is 1. The van der Waals surface area contributed by atoms with E-state index in [4.69, 9.17) is 16.7 Å². The van der Waals surface area contributed by atoms with Gasteiger partial charge in [0.05, 0.1) is 11.8 Å². The van der Waals surface area contributed by atoms with Crippen LogP contribution in [0.15, 0.2) is 24.3 Å². The zero-order chi connectivity index (χ0) is 15.3. The van der Waals surface area contributed by atoms with Crippen LogP contribution in [-0.4, -0.2) is 35.0 Å². The van der Waals surface area contributed by atoms with Gasteiger partial charge in [0.2, 0.25) is 5.91 Å². The topological polar surface area (TPSA) is 57.6 Å². The maximum absolute atomic E-state index is 12.6. The normalized spacial score (nSPS) is 11.2. The Balaban J connectivity index is 2.98. The lowest BCUT2D eigenvalue weighted by atomic mass is 9.83. The van der Waals surface area contributed by atoms with Crippen molar-refractivity contribution in [3.8, 4) is 0 Å². The number of carboxylic acid groups (broad SMARTS) is 1. The van der Waals surface area contributed by atoms with Crippen LogP contribution in [0.25, 0.3) is 0 Å². The third kappa shape index (κ3) is 3.73. The summed E-state index contributed by atoms with van der Waals surface area (Å²) >= 11 is 6.16. The lowest BCUT2D eigenvalue weighted by molar-refractivity contribution is -0.140. The molecule has 0 bridgehead atoms. The molecule has 0 atom stereocenters. The second-order valence-electron chi connectivity index (χ2n) is 5.13. The van der Waals surface area contributed by atoms with E-state index in [0.29, 0.717) is 11.6 Å². The molecule has 20 heavy (non-hydrogen) atoms. The van der Waals surface area contributed by atoms with Crippen LogP contribution in [0.2, 0.25) is 5.02 Å². The average molecular weight is 298 g/mol. The summed E-state index contributed by atoms with van der Waals surface area (Å²) in [6.07, 6.45) is -0.0574. The van der Waals surface area contributed by atoms with Crippen LogP contribution in [0, 0.1) is 0 Å². The Hall–Kier alpha value is -1.55. The molecule has 1 N–H and O–H groups in total. The highest BCUT2D eigenvalue weighted by molar-refractivity contribution is 6.31. The van der Waals surface area contributed by atoms with Crippen molar-refractivity contribution in [2.75, 3.05) is 13.1 Å². The maximum atomic E-state index is 12.6. The van der Waals surface area contributed by atoms with Gasteiger partial charge < -0.3 is 10.0 Å². The van der Waals surface area contributed by atoms with Crippen molar-refractivity contribution in [1.29, 1.82) is 0 Å². The number of aliphatic carboxylic acids is 1. The molecule has 0 spiro atoms. The Bertz CT molecular complexity index is 500. The van der Waals surface area contributed by atoms with Crippen molar-refractivity contribution in [3.63, 3.8) is 0 Å². The molecule has 0 radical (unpaired) electrons. The van der Waals surface area contributed by atoms with Crippen molar-refractivity contribution >= 4 is 23.5 Å². The van der Waals surface area contributed by atoms with Gasteiger partial charge in [0.15, 0.2) is 0 Å². The molecule has 1 rings (SSSR count). The molecule has 1 aromatic carbocycles. The Morgan fingerprint density at radius 2 is 1.90 bits per heavy atom. The third-order valence-corrected chi connectivity index (χ3v) is 3.68. The number of hydrogen-bond acceptors (Lipinski definition) is 2. The largest absolute Gasteiger partial charge is 0.481 e. The molecule has 0 saturated heterocycles. The van der Waals surface area contributed by atoms with Gasteiger partial charge in [0.1, 0.15) is 0 Å². The van der Waals surface area contributed by atoms with E-state index in [0.717, 1.165) is 5.56 Å². The highest BCUT2D eigenvalue weighted by Crippen LogP contribution is 2.31. The van der Waals surface area contributed by atoms with Crippen LogP contribution in [0.1, 0.15) is 32.8 Å².